The Labute approximate surface area is 433 Å². The third-order valence-corrected chi connectivity index (χ3v) is 13.4. The van der Waals surface area contributed by atoms with Crippen LogP contribution >= 0.6 is 0 Å². The van der Waals surface area contributed by atoms with Gasteiger partial charge in [0.15, 0.2) is 12.4 Å². The summed E-state index contributed by atoms with van der Waals surface area (Å²) in [6.07, 6.45) is 48.3. The number of amides is 1. The minimum absolute atomic E-state index is 0.0951. The van der Waals surface area contributed by atoms with E-state index in [0.29, 0.717) is 12.8 Å². The Morgan fingerprint density at radius 2 is 0.972 bits per heavy atom. The maximum atomic E-state index is 13.4. The fourth-order valence-corrected chi connectivity index (χ4v) is 8.71. The molecule has 11 heteroatoms. The molecule has 1 aliphatic rings. The highest BCUT2D eigenvalue weighted by atomic mass is 16.7. The molecule has 6 N–H and O–H groups in total. The van der Waals surface area contributed by atoms with E-state index in [1.807, 2.05) is 6.08 Å². The van der Waals surface area contributed by atoms with Gasteiger partial charge in [-0.25, -0.2) is 0 Å². The maximum Gasteiger partial charge on any atom is 0.306 e. The van der Waals surface area contributed by atoms with E-state index in [1.54, 1.807) is 6.08 Å². The summed E-state index contributed by atoms with van der Waals surface area (Å²) in [7, 11) is 0. The molecule has 1 rings (SSSR count). The zero-order valence-electron chi connectivity index (χ0n) is 45.3. The second-order valence-corrected chi connectivity index (χ2v) is 20.0. The molecule has 1 fully saturated rings. The average molecular weight is 1000 g/mol. The quantitative estimate of drug-likeness (QED) is 0.0196. The highest BCUT2D eigenvalue weighted by molar-refractivity contribution is 5.80. The van der Waals surface area contributed by atoms with Crippen molar-refractivity contribution < 1.29 is 49.3 Å². The Bertz CT molecular complexity index is 1380. The smallest absolute Gasteiger partial charge is 0.306 e. The average Bonchev–Trinajstić information content (AvgIpc) is 3.37. The summed E-state index contributed by atoms with van der Waals surface area (Å²) in [6, 6.07) is -1.04. The summed E-state index contributed by atoms with van der Waals surface area (Å²) in [5.41, 5.74) is 0. The van der Waals surface area contributed by atoms with Crippen LogP contribution in [-0.4, -0.2) is 99.6 Å². The number of nitrogens with one attached hydrogen (secondary N) is 1. The molecule has 0 aromatic rings. The van der Waals surface area contributed by atoms with Crippen LogP contribution in [0.15, 0.2) is 60.8 Å². The molecule has 71 heavy (non-hydrogen) atoms. The molecule has 0 saturated carbocycles. The number of esters is 1. The Morgan fingerprint density at radius 1 is 0.549 bits per heavy atom. The minimum atomic E-state index is -1.63. The van der Waals surface area contributed by atoms with E-state index in [1.165, 1.54) is 116 Å². The zero-order valence-corrected chi connectivity index (χ0v) is 45.3. The first-order valence-electron chi connectivity index (χ1n) is 29.1. The normalized spacial score (nSPS) is 20.0. The number of ether oxygens (including phenoxy) is 3. The van der Waals surface area contributed by atoms with E-state index >= 15 is 0 Å². The first-order chi connectivity index (χ1) is 34.7. The Hall–Kier alpha value is -2.64. The number of unbranched alkanes of at least 4 members (excludes halogenated alkanes) is 26. The maximum absolute atomic E-state index is 13.4. The number of allylic oxidation sites excluding steroid dienone is 9. The van der Waals surface area contributed by atoms with Crippen LogP contribution in [0.3, 0.4) is 0 Å². The van der Waals surface area contributed by atoms with Gasteiger partial charge >= 0.3 is 5.97 Å². The molecule has 0 spiro atoms. The van der Waals surface area contributed by atoms with Crippen molar-refractivity contribution in [3.05, 3.63) is 60.8 Å². The van der Waals surface area contributed by atoms with Gasteiger partial charge < -0.3 is 45.1 Å². The van der Waals surface area contributed by atoms with Gasteiger partial charge in [0, 0.05) is 6.42 Å². The highest BCUT2D eigenvalue weighted by Crippen LogP contribution is 2.26. The number of carbonyl (C=O) groups is 2. The van der Waals surface area contributed by atoms with Crippen LogP contribution in [-0.2, 0) is 23.8 Å². The lowest BCUT2D eigenvalue weighted by Gasteiger charge is -2.41. The second-order valence-electron chi connectivity index (χ2n) is 20.0. The Kier molecular flexibility index (Phi) is 45.2. The molecule has 11 nitrogen and oxygen atoms in total. The lowest BCUT2D eigenvalue weighted by atomic mass is 9.99. The van der Waals surface area contributed by atoms with E-state index in [-0.39, 0.29) is 19.4 Å². The Morgan fingerprint density at radius 3 is 1.49 bits per heavy atom. The van der Waals surface area contributed by atoms with Crippen molar-refractivity contribution in [3.8, 4) is 0 Å². The fourth-order valence-electron chi connectivity index (χ4n) is 8.71. The van der Waals surface area contributed by atoms with Crippen LogP contribution < -0.4 is 5.32 Å². The molecule has 0 aromatic carbocycles. The van der Waals surface area contributed by atoms with Crippen molar-refractivity contribution in [2.75, 3.05) is 13.2 Å². The Balaban J connectivity index is 2.75. The van der Waals surface area contributed by atoms with Gasteiger partial charge in [0.1, 0.15) is 24.4 Å². The monoisotopic (exact) mass is 1000 g/mol. The second kappa shape index (κ2) is 48.3. The van der Waals surface area contributed by atoms with Gasteiger partial charge in [0.05, 0.1) is 25.4 Å². The largest absolute Gasteiger partial charge is 0.454 e. The molecular formula is C60H107NO10. The number of hydrogen-bond acceptors (Lipinski definition) is 10. The summed E-state index contributed by atoms with van der Waals surface area (Å²) in [6.45, 7) is 5.72. The van der Waals surface area contributed by atoms with Gasteiger partial charge in [0.25, 0.3) is 0 Å². The molecule has 1 aliphatic heterocycles. The first kappa shape index (κ1) is 66.4. The van der Waals surface area contributed by atoms with Crippen LogP contribution in [0.4, 0.5) is 0 Å². The van der Waals surface area contributed by atoms with E-state index < -0.39 is 67.4 Å². The molecule has 1 heterocycles. The molecule has 0 aromatic heterocycles. The molecule has 0 aliphatic carbocycles. The standard InChI is InChI=1S/C60H107NO10/c1-4-7-10-13-16-19-22-25-26-27-28-30-33-36-39-42-45-48-55(65)71-58-57(67)56(66)54(49-62)70-60(58)69-50-51(52(63)46-43-40-37-34-31-24-21-18-15-12-9-6-3)61-59(68)53(64)47-44-41-38-35-32-29-23-20-17-14-11-8-5-2/h16,19,25-26,28,30,32,35,43,46,51-54,56-58,60,62-64,66-67H,4-15,17-18,20-24,27,29,31,33-34,36-42,44-45,47-50H2,1-3H3,(H,61,68)/b19-16-,26-25-,30-28-,35-32-,46-43+. The van der Waals surface area contributed by atoms with Crippen molar-refractivity contribution in [1.29, 1.82) is 0 Å². The molecule has 412 valence electrons. The lowest BCUT2D eigenvalue weighted by Crippen LogP contribution is -2.61. The summed E-state index contributed by atoms with van der Waals surface area (Å²) in [5, 5.41) is 56.8. The van der Waals surface area contributed by atoms with Crippen LogP contribution in [0.25, 0.3) is 0 Å². The highest BCUT2D eigenvalue weighted by Gasteiger charge is 2.47. The van der Waals surface area contributed by atoms with Crippen LogP contribution in [0, 0.1) is 0 Å². The van der Waals surface area contributed by atoms with Crippen molar-refractivity contribution in [2.24, 2.45) is 0 Å². The van der Waals surface area contributed by atoms with E-state index in [0.717, 1.165) is 83.5 Å². The summed E-state index contributed by atoms with van der Waals surface area (Å²) in [5.74, 6) is -1.23. The molecule has 1 amide bonds. The third kappa shape index (κ3) is 36.9. The predicted octanol–water partition coefficient (Wildman–Crippen LogP) is 13.1. The van der Waals surface area contributed by atoms with Gasteiger partial charge in [-0.3, -0.25) is 9.59 Å². The van der Waals surface area contributed by atoms with Crippen molar-refractivity contribution in [2.45, 2.75) is 294 Å². The molecular weight excluding hydrogens is 895 g/mol. The number of carbonyl (C=O) groups excluding carboxylic acids is 2. The van der Waals surface area contributed by atoms with Gasteiger partial charge in [0.2, 0.25) is 5.91 Å². The summed E-state index contributed by atoms with van der Waals surface area (Å²) >= 11 is 0. The van der Waals surface area contributed by atoms with Gasteiger partial charge in [-0.2, -0.15) is 0 Å². The van der Waals surface area contributed by atoms with Crippen molar-refractivity contribution >= 4 is 11.9 Å². The van der Waals surface area contributed by atoms with E-state index in [9.17, 15) is 35.1 Å². The molecule has 0 radical (unpaired) electrons. The number of rotatable bonds is 48. The minimum Gasteiger partial charge on any atom is -0.454 e. The van der Waals surface area contributed by atoms with Crippen molar-refractivity contribution in [3.63, 3.8) is 0 Å². The fraction of sp³-hybridized carbons (Fsp3) is 0.800. The van der Waals surface area contributed by atoms with Crippen LogP contribution in [0.5, 0.6) is 0 Å². The van der Waals surface area contributed by atoms with Crippen LogP contribution in [0.1, 0.15) is 245 Å². The summed E-state index contributed by atoms with van der Waals surface area (Å²) < 4.78 is 17.5. The topological polar surface area (TPSA) is 175 Å². The first-order valence-corrected chi connectivity index (χ1v) is 29.1. The predicted molar refractivity (Wildman–Crippen MR) is 292 cm³/mol. The number of aliphatic hydroxyl groups excluding tert-OH is 5. The summed E-state index contributed by atoms with van der Waals surface area (Å²) in [4.78, 5) is 26.4. The zero-order chi connectivity index (χ0) is 51.8. The van der Waals surface area contributed by atoms with Crippen molar-refractivity contribution in [1.82, 2.24) is 5.32 Å². The number of aliphatic hydroxyl groups is 5. The molecule has 8 unspecified atom stereocenters. The SMILES string of the molecule is CCCCC/C=C\C/C=C\C/C=C\CCCCCCC(=O)OC1C(OCC(NC(=O)C(O)CCCC/C=C\CCCCCCCCC)C(O)/C=C/CCCCCCCCCCCC)OC(CO)C(O)C1O. The van der Waals surface area contributed by atoms with E-state index in [2.05, 4.69) is 74.7 Å². The molecule has 0 bridgehead atoms. The third-order valence-electron chi connectivity index (χ3n) is 13.4. The number of hydrogen-bond donors (Lipinski definition) is 6. The van der Waals surface area contributed by atoms with Crippen LogP contribution in [0.2, 0.25) is 0 Å². The molecule has 8 atom stereocenters. The van der Waals surface area contributed by atoms with Gasteiger partial charge in [-0.05, 0) is 89.9 Å². The van der Waals surface area contributed by atoms with Gasteiger partial charge in [-0.15, -0.1) is 0 Å². The lowest BCUT2D eigenvalue weighted by molar-refractivity contribution is -0.305. The van der Waals surface area contributed by atoms with E-state index in [4.69, 9.17) is 14.2 Å². The molecule has 1 saturated heterocycles. The van der Waals surface area contributed by atoms with Gasteiger partial charge in [-0.1, -0.05) is 210 Å².